The van der Waals surface area contributed by atoms with Crippen molar-refractivity contribution in [2.45, 2.75) is 0 Å². The zero-order chi connectivity index (χ0) is 18.7. The molecule has 2 heterocycles. The van der Waals surface area contributed by atoms with Crippen molar-refractivity contribution in [1.29, 1.82) is 5.26 Å². The molecule has 0 aliphatic carbocycles. The third-order valence-electron chi connectivity index (χ3n) is 3.95. The Hall–Kier alpha value is -3.79. The number of hydrogen-bond acceptors (Lipinski definition) is 6. The molecule has 0 saturated heterocycles. The number of carbonyl (C=O) groups excluding carboxylic acids is 1. The van der Waals surface area contributed by atoms with E-state index in [9.17, 15) is 10.1 Å². The number of rotatable bonds is 5. The Kier molecular flexibility index (Phi) is 4.58. The monoisotopic (exact) mass is 348 g/mol. The molecule has 2 aromatic heterocycles. The minimum atomic E-state index is -0.345. The molecule has 0 amide bonds. The number of benzene rings is 1. The van der Waals surface area contributed by atoms with Crippen LogP contribution < -0.4 is 15.2 Å². The lowest BCUT2D eigenvalue weighted by atomic mass is 10.1. The van der Waals surface area contributed by atoms with E-state index in [-0.39, 0.29) is 22.7 Å². The summed E-state index contributed by atoms with van der Waals surface area (Å²) >= 11 is 0. The Morgan fingerprint density at radius 2 is 2.08 bits per heavy atom. The largest absolute Gasteiger partial charge is 0.497 e. The van der Waals surface area contributed by atoms with Gasteiger partial charge < -0.3 is 19.8 Å². The lowest BCUT2D eigenvalue weighted by Crippen LogP contribution is -2.12. The molecule has 26 heavy (non-hydrogen) atoms. The van der Waals surface area contributed by atoms with E-state index in [1.807, 2.05) is 6.07 Å². The number of nitriles is 1. The van der Waals surface area contributed by atoms with Gasteiger partial charge in [-0.25, -0.2) is 0 Å². The van der Waals surface area contributed by atoms with E-state index in [1.165, 1.54) is 26.6 Å². The Bertz CT molecular complexity index is 1000. The van der Waals surface area contributed by atoms with Gasteiger partial charge in [-0.3, -0.25) is 9.78 Å². The fraction of sp³-hybridized carbons (Fsp3) is 0.105. The molecule has 2 N–H and O–H groups in total. The van der Waals surface area contributed by atoms with Crippen LogP contribution in [0.5, 0.6) is 11.5 Å². The van der Waals surface area contributed by atoms with Crippen LogP contribution in [0.4, 0.5) is 5.69 Å². The second-order valence-corrected chi connectivity index (χ2v) is 5.40. The number of methoxy groups -OCH3 is 2. The summed E-state index contributed by atoms with van der Waals surface area (Å²) in [6.07, 6.45) is 4.54. The van der Waals surface area contributed by atoms with Crippen LogP contribution in [0, 0.1) is 11.3 Å². The molecule has 0 atom stereocenters. The Balaban J connectivity index is 2.27. The highest BCUT2D eigenvalue weighted by atomic mass is 16.5. The van der Waals surface area contributed by atoms with E-state index in [0.717, 1.165) is 0 Å². The fourth-order valence-electron chi connectivity index (χ4n) is 2.65. The fourth-order valence-corrected chi connectivity index (χ4v) is 2.65. The lowest BCUT2D eigenvalue weighted by Gasteiger charge is -2.14. The topological polar surface area (TPSA) is 103 Å². The highest BCUT2D eigenvalue weighted by Crippen LogP contribution is 2.33. The van der Waals surface area contributed by atoms with Crippen LogP contribution in [0.15, 0.2) is 48.9 Å². The second-order valence-electron chi connectivity index (χ2n) is 5.40. The maximum Gasteiger partial charge on any atom is 0.213 e. The van der Waals surface area contributed by atoms with Gasteiger partial charge in [-0.2, -0.15) is 5.26 Å². The minimum Gasteiger partial charge on any atom is -0.497 e. The zero-order valence-corrected chi connectivity index (χ0v) is 14.3. The molecular weight excluding hydrogens is 332 g/mol. The molecule has 130 valence electrons. The van der Waals surface area contributed by atoms with Crippen LogP contribution in [-0.2, 0) is 0 Å². The molecule has 0 aliphatic rings. The van der Waals surface area contributed by atoms with Gasteiger partial charge in [0.25, 0.3) is 0 Å². The Morgan fingerprint density at radius 1 is 1.27 bits per heavy atom. The maximum atomic E-state index is 13.0. The smallest absolute Gasteiger partial charge is 0.213 e. The quantitative estimate of drug-likeness (QED) is 0.711. The van der Waals surface area contributed by atoms with Gasteiger partial charge in [0.05, 0.1) is 31.2 Å². The van der Waals surface area contributed by atoms with E-state index in [2.05, 4.69) is 4.98 Å². The van der Waals surface area contributed by atoms with Gasteiger partial charge in [0.1, 0.15) is 23.3 Å². The molecule has 0 unspecified atom stereocenters. The number of hydrogen-bond donors (Lipinski definition) is 1. The molecule has 7 heteroatoms. The molecule has 3 aromatic rings. The molecule has 0 radical (unpaired) electrons. The first-order valence-corrected chi connectivity index (χ1v) is 7.68. The zero-order valence-electron chi connectivity index (χ0n) is 14.3. The summed E-state index contributed by atoms with van der Waals surface area (Å²) in [4.78, 5) is 17.0. The van der Waals surface area contributed by atoms with Gasteiger partial charge in [-0.05, 0) is 24.3 Å². The highest BCUT2D eigenvalue weighted by Gasteiger charge is 2.24. The molecular formula is C19H16N4O3. The summed E-state index contributed by atoms with van der Waals surface area (Å²) in [6.45, 7) is 0. The summed E-state index contributed by atoms with van der Waals surface area (Å²) in [5, 5.41) is 9.36. The normalized spacial score (nSPS) is 10.2. The van der Waals surface area contributed by atoms with Gasteiger partial charge in [0.2, 0.25) is 5.78 Å². The third kappa shape index (κ3) is 2.84. The number of nitrogens with two attached hydrogens (primary N) is 1. The number of aromatic nitrogens is 2. The van der Waals surface area contributed by atoms with E-state index in [1.54, 1.807) is 41.1 Å². The van der Waals surface area contributed by atoms with Crippen LogP contribution in [0.25, 0.3) is 5.69 Å². The van der Waals surface area contributed by atoms with Crippen molar-refractivity contribution < 1.29 is 14.3 Å². The number of carbonyl (C=O) groups is 1. The van der Waals surface area contributed by atoms with E-state index in [0.29, 0.717) is 22.7 Å². The van der Waals surface area contributed by atoms with Gasteiger partial charge in [0, 0.05) is 30.2 Å². The van der Waals surface area contributed by atoms with Crippen molar-refractivity contribution in [3.63, 3.8) is 0 Å². The average Bonchev–Trinajstić information content (AvgIpc) is 3.03. The van der Waals surface area contributed by atoms with Gasteiger partial charge in [-0.15, -0.1) is 0 Å². The van der Waals surface area contributed by atoms with E-state index >= 15 is 0 Å². The van der Waals surface area contributed by atoms with Crippen molar-refractivity contribution in [3.8, 4) is 23.3 Å². The number of anilines is 1. The molecule has 0 fully saturated rings. The second kappa shape index (κ2) is 6.99. The molecule has 0 aliphatic heterocycles. The van der Waals surface area contributed by atoms with Crippen LogP contribution >= 0.6 is 0 Å². The summed E-state index contributed by atoms with van der Waals surface area (Å²) < 4.78 is 12.2. The van der Waals surface area contributed by atoms with Crippen molar-refractivity contribution in [2.75, 3.05) is 20.0 Å². The summed E-state index contributed by atoms with van der Waals surface area (Å²) in [7, 11) is 3.06. The van der Waals surface area contributed by atoms with Gasteiger partial charge >= 0.3 is 0 Å². The van der Waals surface area contributed by atoms with Crippen molar-refractivity contribution in [2.24, 2.45) is 0 Å². The Labute approximate surface area is 150 Å². The Morgan fingerprint density at radius 3 is 2.69 bits per heavy atom. The lowest BCUT2D eigenvalue weighted by molar-refractivity contribution is 0.103. The van der Waals surface area contributed by atoms with Gasteiger partial charge in [0.15, 0.2) is 0 Å². The van der Waals surface area contributed by atoms with Crippen LogP contribution in [0.3, 0.4) is 0 Å². The molecule has 3 rings (SSSR count). The molecule has 0 bridgehead atoms. The highest BCUT2D eigenvalue weighted by molar-refractivity contribution is 6.12. The predicted molar refractivity (Wildman–Crippen MR) is 95.7 cm³/mol. The van der Waals surface area contributed by atoms with E-state index in [4.69, 9.17) is 15.2 Å². The summed E-state index contributed by atoms with van der Waals surface area (Å²) in [5.41, 5.74) is 7.46. The maximum absolute atomic E-state index is 13.0. The summed E-state index contributed by atoms with van der Waals surface area (Å²) in [5.74, 6) is 0.735. The number of ether oxygens (including phenoxy) is 2. The first-order chi connectivity index (χ1) is 12.6. The van der Waals surface area contributed by atoms with Crippen LogP contribution in [0.1, 0.15) is 21.6 Å². The summed E-state index contributed by atoms with van der Waals surface area (Å²) in [6, 6.07) is 10.5. The SMILES string of the molecule is COc1ccc(OC)c(-n2cc(C#N)c(N)c2C(=O)c2cccnc2)c1. The molecule has 7 nitrogen and oxygen atoms in total. The minimum absolute atomic E-state index is 0.103. The van der Waals surface area contributed by atoms with E-state index < -0.39 is 0 Å². The van der Waals surface area contributed by atoms with Gasteiger partial charge in [-0.1, -0.05) is 0 Å². The predicted octanol–water partition coefficient (Wildman–Crippen LogP) is 2.57. The number of ketones is 1. The average molecular weight is 348 g/mol. The van der Waals surface area contributed by atoms with Crippen LogP contribution in [-0.4, -0.2) is 29.6 Å². The third-order valence-corrected chi connectivity index (χ3v) is 3.95. The van der Waals surface area contributed by atoms with Crippen molar-refractivity contribution >= 4 is 11.5 Å². The first kappa shape index (κ1) is 17.0. The molecule has 0 spiro atoms. The number of nitrogens with zero attached hydrogens (tertiary/aromatic N) is 3. The number of pyridine rings is 1. The van der Waals surface area contributed by atoms with Crippen molar-refractivity contribution in [1.82, 2.24) is 9.55 Å². The van der Waals surface area contributed by atoms with Crippen molar-refractivity contribution in [3.05, 3.63) is 65.7 Å². The number of nitrogen functional groups attached to an aromatic ring is 1. The standard InChI is InChI=1S/C19H16N4O3/c1-25-14-5-6-16(26-2)15(8-14)23-11-13(9-20)17(21)18(23)19(24)12-4-3-7-22-10-12/h3-8,10-11H,21H2,1-2H3. The van der Waals surface area contributed by atoms with Crippen LogP contribution in [0.2, 0.25) is 0 Å². The molecule has 0 saturated carbocycles. The first-order valence-electron chi connectivity index (χ1n) is 7.68. The molecule has 1 aromatic carbocycles.